The molecule has 0 saturated carbocycles. The van der Waals surface area contributed by atoms with Crippen molar-refractivity contribution in [3.05, 3.63) is 53.6 Å². The SMILES string of the molecule is Cc1c(O)cccc1Oc1ccc(C(C)C)cc1. The number of benzene rings is 2. The molecule has 1 N–H and O–H groups in total. The molecule has 2 rings (SSSR count). The molecule has 0 aliphatic heterocycles. The van der Waals surface area contributed by atoms with Crippen LogP contribution in [0.2, 0.25) is 0 Å². The summed E-state index contributed by atoms with van der Waals surface area (Å²) < 4.78 is 5.76. The van der Waals surface area contributed by atoms with E-state index in [1.807, 2.05) is 25.1 Å². The molecular formula is C16H18O2. The van der Waals surface area contributed by atoms with Gasteiger partial charge in [-0.05, 0) is 42.7 Å². The second kappa shape index (κ2) is 5.13. The van der Waals surface area contributed by atoms with E-state index < -0.39 is 0 Å². The summed E-state index contributed by atoms with van der Waals surface area (Å²) >= 11 is 0. The van der Waals surface area contributed by atoms with Crippen molar-refractivity contribution in [3.8, 4) is 17.2 Å². The highest BCUT2D eigenvalue weighted by Crippen LogP contribution is 2.30. The average molecular weight is 242 g/mol. The van der Waals surface area contributed by atoms with Crippen LogP contribution in [-0.2, 0) is 0 Å². The molecule has 0 heterocycles. The summed E-state index contributed by atoms with van der Waals surface area (Å²) in [5.74, 6) is 2.24. The highest BCUT2D eigenvalue weighted by Gasteiger charge is 2.05. The number of hydrogen-bond donors (Lipinski definition) is 1. The summed E-state index contributed by atoms with van der Waals surface area (Å²) in [7, 11) is 0. The van der Waals surface area contributed by atoms with Gasteiger partial charge in [-0.2, -0.15) is 0 Å². The Balaban J connectivity index is 2.21. The Kier molecular flexibility index (Phi) is 3.56. The topological polar surface area (TPSA) is 29.5 Å². The van der Waals surface area contributed by atoms with Gasteiger partial charge in [-0.15, -0.1) is 0 Å². The highest BCUT2D eigenvalue weighted by atomic mass is 16.5. The van der Waals surface area contributed by atoms with E-state index in [2.05, 4.69) is 26.0 Å². The van der Waals surface area contributed by atoms with Crippen LogP contribution >= 0.6 is 0 Å². The molecule has 2 nitrogen and oxygen atoms in total. The van der Waals surface area contributed by atoms with Crippen LogP contribution in [0.1, 0.15) is 30.9 Å². The van der Waals surface area contributed by atoms with Gasteiger partial charge in [-0.25, -0.2) is 0 Å². The molecule has 0 unspecified atom stereocenters. The lowest BCUT2D eigenvalue weighted by atomic mass is 10.0. The number of phenolic OH excluding ortho intramolecular Hbond substituents is 1. The predicted octanol–water partition coefficient (Wildman–Crippen LogP) is 4.62. The van der Waals surface area contributed by atoms with Crippen molar-refractivity contribution in [2.24, 2.45) is 0 Å². The fraction of sp³-hybridized carbons (Fsp3) is 0.250. The zero-order chi connectivity index (χ0) is 13.1. The molecule has 0 amide bonds. The molecule has 0 aromatic heterocycles. The first-order valence-electron chi connectivity index (χ1n) is 6.14. The minimum absolute atomic E-state index is 0.256. The molecule has 0 atom stereocenters. The summed E-state index contributed by atoms with van der Waals surface area (Å²) in [5, 5.41) is 9.62. The molecule has 2 heteroatoms. The molecular weight excluding hydrogens is 224 g/mol. The van der Waals surface area contributed by atoms with Crippen LogP contribution in [0.25, 0.3) is 0 Å². The smallest absolute Gasteiger partial charge is 0.134 e. The second-order valence-electron chi connectivity index (χ2n) is 4.73. The molecule has 2 aromatic rings. The lowest BCUT2D eigenvalue weighted by Gasteiger charge is -2.11. The molecule has 0 spiro atoms. The molecule has 0 aliphatic carbocycles. The lowest BCUT2D eigenvalue weighted by molar-refractivity contribution is 0.448. The third-order valence-corrected chi connectivity index (χ3v) is 3.03. The Morgan fingerprint density at radius 1 is 1.00 bits per heavy atom. The van der Waals surface area contributed by atoms with Gasteiger partial charge in [0.25, 0.3) is 0 Å². The number of aromatic hydroxyl groups is 1. The summed E-state index contributed by atoms with van der Waals surface area (Å²) in [6.45, 7) is 6.16. The Morgan fingerprint density at radius 3 is 2.28 bits per heavy atom. The van der Waals surface area contributed by atoms with Crippen molar-refractivity contribution in [2.45, 2.75) is 26.7 Å². The predicted molar refractivity (Wildman–Crippen MR) is 73.4 cm³/mol. The van der Waals surface area contributed by atoms with Crippen molar-refractivity contribution in [1.29, 1.82) is 0 Å². The first kappa shape index (κ1) is 12.5. The Hall–Kier alpha value is -1.96. The fourth-order valence-electron chi connectivity index (χ4n) is 1.76. The average Bonchev–Trinajstić information content (AvgIpc) is 2.36. The number of ether oxygens (including phenoxy) is 1. The fourth-order valence-corrected chi connectivity index (χ4v) is 1.76. The molecule has 0 saturated heterocycles. The van der Waals surface area contributed by atoms with E-state index in [0.29, 0.717) is 11.7 Å². The summed E-state index contributed by atoms with van der Waals surface area (Å²) in [4.78, 5) is 0. The van der Waals surface area contributed by atoms with E-state index >= 15 is 0 Å². The van der Waals surface area contributed by atoms with E-state index in [-0.39, 0.29) is 5.75 Å². The van der Waals surface area contributed by atoms with Gasteiger partial charge in [0, 0.05) is 5.56 Å². The number of phenols is 1. The van der Waals surface area contributed by atoms with Crippen molar-refractivity contribution < 1.29 is 9.84 Å². The summed E-state index contributed by atoms with van der Waals surface area (Å²) in [5.41, 5.74) is 2.04. The van der Waals surface area contributed by atoms with Crippen molar-refractivity contribution in [1.82, 2.24) is 0 Å². The second-order valence-corrected chi connectivity index (χ2v) is 4.73. The Labute approximate surface area is 108 Å². The van der Waals surface area contributed by atoms with E-state index in [4.69, 9.17) is 4.74 Å². The van der Waals surface area contributed by atoms with Crippen molar-refractivity contribution >= 4 is 0 Å². The van der Waals surface area contributed by atoms with E-state index in [1.165, 1.54) is 5.56 Å². The van der Waals surface area contributed by atoms with Gasteiger partial charge in [0.05, 0.1) is 0 Å². The quantitative estimate of drug-likeness (QED) is 0.851. The van der Waals surface area contributed by atoms with Crippen LogP contribution < -0.4 is 4.74 Å². The van der Waals surface area contributed by atoms with E-state index in [1.54, 1.807) is 12.1 Å². The molecule has 0 fully saturated rings. The monoisotopic (exact) mass is 242 g/mol. The molecule has 0 aliphatic rings. The Bertz CT molecular complexity index is 527. The van der Waals surface area contributed by atoms with E-state index in [9.17, 15) is 5.11 Å². The van der Waals surface area contributed by atoms with Gasteiger partial charge < -0.3 is 9.84 Å². The van der Waals surface area contributed by atoms with Crippen LogP contribution in [0.5, 0.6) is 17.2 Å². The zero-order valence-corrected chi connectivity index (χ0v) is 11.0. The van der Waals surface area contributed by atoms with Crippen LogP contribution in [0, 0.1) is 6.92 Å². The minimum Gasteiger partial charge on any atom is -0.508 e. The summed E-state index contributed by atoms with van der Waals surface area (Å²) in [6.07, 6.45) is 0. The largest absolute Gasteiger partial charge is 0.508 e. The zero-order valence-electron chi connectivity index (χ0n) is 11.0. The maximum atomic E-state index is 9.62. The van der Waals surface area contributed by atoms with Crippen molar-refractivity contribution in [3.63, 3.8) is 0 Å². The number of hydrogen-bond acceptors (Lipinski definition) is 2. The third-order valence-electron chi connectivity index (χ3n) is 3.03. The minimum atomic E-state index is 0.256. The van der Waals surface area contributed by atoms with Crippen LogP contribution in [-0.4, -0.2) is 5.11 Å². The first-order chi connectivity index (χ1) is 8.58. The first-order valence-corrected chi connectivity index (χ1v) is 6.14. The summed E-state index contributed by atoms with van der Waals surface area (Å²) in [6, 6.07) is 13.3. The van der Waals surface area contributed by atoms with Crippen LogP contribution in [0.3, 0.4) is 0 Å². The normalized spacial score (nSPS) is 10.7. The van der Waals surface area contributed by atoms with Gasteiger partial charge in [0.15, 0.2) is 0 Å². The lowest BCUT2D eigenvalue weighted by Crippen LogP contribution is -1.90. The molecule has 0 radical (unpaired) electrons. The highest BCUT2D eigenvalue weighted by molar-refractivity contribution is 5.45. The molecule has 2 aromatic carbocycles. The van der Waals surface area contributed by atoms with Gasteiger partial charge in [-0.3, -0.25) is 0 Å². The van der Waals surface area contributed by atoms with Gasteiger partial charge >= 0.3 is 0 Å². The standard InChI is InChI=1S/C16H18O2/c1-11(2)13-7-9-14(10-8-13)18-16-6-4-5-15(17)12(16)3/h4-11,17H,1-3H3. The maximum Gasteiger partial charge on any atom is 0.134 e. The third kappa shape index (κ3) is 2.65. The molecule has 94 valence electrons. The van der Waals surface area contributed by atoms with Gasteiger partial charge in [0.1, 0.15) is 17.2 Å². The maximum absolute atomic E-state index is 9.62. The Morgan fingerprint density at radius 2 is 1.67 bits per heavy atom. The van der Waals surface area contributed by atoms with Crippen LogP contribution in [0.4, 0.5) is 0 Å². The molecule has 0 bridgehead atoms. The van der Waals surface area contributed by atoms with Gasteiger partial charge in [-0.1, -0.05) is 32.0 Å². The van der Waals surface area contributed by atoms with E-state index in [0.717, 1.165) is 11.3 Å². The van der Waals surface area contributed by atoms with Crippen molar-refractivity contribution in [2.75, 3.05) is 0 Å². The molecule has 18 heavy (non-hydrogen) atoms. The number of rotatable bonds is 3. The van der Waals surface area contributed by atoms with Gasteiger partial charge in [0.2, 0.25) is 0 Å². The van der Waals surface area contributed by atoms with Crippen LogP contribution in [0.15, 0.2) is 42.5 Å².